The first-order chi connectivity index (χ1) is 21.0. The minimum absolute atomic E-state index is 0. The summed E-state index contributed by atoms with van der Waals surface area (Å²) in [6.45, 7) is 5.44. The van der Waals surface area contributed by atoms with Crippen LogP contribution in [0.5, 0.6) is 0 Å². The zero-order valence-corrected chi connectivity index (χ0v) is 28.7. The molecule has 244 valence electrons. The molecule has 0 radical (unpaired) electrons. The summed E-state index contributed by atoms with van der Waals surface area (Å²) in [7, 11) is 0. The van der Waals surface area contributed by atoms with Gasteiger partial charge in [-0.15, -0.1) is 0 Å². The third-order valence-corrected chi connectivity index (χ3v) is 10.5. The van der Waals surface area contributed by atoms with Gasteiger partial charge in [0.05, 0.1) is 11.7 Å². The van der Waals surface area contributed by atoms with Crippen molar-refractivity contribution in [2.24, 2.45) is 17.3 Å². The van der Waals surface area contributed by atoms with Crippen LogP contribution in [0.4, 0.5) is 0 Å². The number of aromatic nitrogens is 2. The summed E-state index contributed by atoms with van der Waals surface area (Å²) in [5, 5.41) is 4.45. The van der Waals surface area contributed by atoms with Gasteiger partial charge < -0.3 is 14.6 Å². The van der Waals surface area contributed by atoms with Crippen molar-refractivity contribution in [2.45, 2.75) is 102 Å². The molecule has 1 aromatic carbocycles. The zero-order chi connectivity index (χ0) is 29.4. The van der Waals surface area contributed by atoms with Gasteiger partial charge in [-0.3, -0.25) is 14.6 Å². The van der Waals surface area contributed by atoms with E-state index in [9.17, 15) is 9.59 Å². The van der Waals surface area contributed by atoms with Crippen LogP contribution < -0.4 is 5.32 Å². The molecular weight excluding hydrogens is 601 g/mol. The number of carbonyl (C=O) groups excluding carboxylic acids is 2. The van der Waals surface area contributed by atoms with Gasteiger partial charge in [0.2, 0.25) is 11.8 Å². The van der Waals surface area contributed by atoms with E-state index < -0.39 is 0 Å². The zero-order valence-electron chi connectivity index (χ0n) is 26.7. The van der Waals surface area contributed by atoms with Crippen molar-refractivity contribution >= 4 is 49.6 Å². The van der Waals surface area contributed by atoms with E-state index in [1.54, 1.807) is 6.20 Å². The molecule has 7 nitrogen and oxygen atoms in total. The van der Waals surface area contributed by atoms with Crippen LogP contribution in [0.25, 0.3) is 22.2 Å². The van der Waals surface area contributed by atoms with Gasteiger partial charge >= 0.3 is 0 Å². The predicted octanol–water partition coefficient (Wildman–Crippen LogP) is 7.59. The molecule has 1 saturated heterocycles. The second-order valence-corrected chi connectivity index (χ2v) is 13.9. The maximum atomic E-state index is 13.6. The smallest absolute Gasteiger partial charge is 0.224 e. The Bertz CT molecular complexity index is 1480. The van der Waals surface area contributed by atoms with Crippen molar-refractivity contribution in [1.29, 1.82) is 0 Å². The van der Waals surface area contributed by atoms with E-state index in [4.69, 9.17) is 9.40 Å². The Morgan fingerprint density at radius 1 is 1.04 bits per heavy atom. The highest BCUT2D eigenvalue weighted by molar-refractivity contribution is 7.59. The molecule has 2 atom stereocenters. The number of nitrogens with zero attached hydrogens (tertiary/aromatic N) is 3. The Hall–Kier alpha value is -2.36. The quantitative estimate of drug-likeness (QED) is 0.181. The number of benzene rings is 1. The first kappa shape index (κ1) is 34.0. The number of amides is 1. The van der Waals surface area contributed by atoms with Crippen LogP contribution in [0.15, 0.2) is 40.9 Å². The normalized spacial score (nSPS) is 21.1. The number of oxazole rings is 1. The lowest BCUT2D eigenvalue weighted by Gasteiger charge is -2.33. The van der Waals surface area contributed by atoms with Crippen LogP contribution in [-0.4, -0.2) is 46.2 Å². The molecule has 45 heavy (non-hydrogen) atoms. The largest absolute Gasteiger partial charge is 0.438 e. The Morgan fingerprint density at radius 3 is 2.58 bits per heavy atom. The minimum Gasteiger partial charge on any atom is -0.438 e. The number of nitrogens with one attached hydrogen (secondary N) is 1. The number of pyridine rings is 1. The summed E-state index contributed by atoms with van der Waals surface area (Å²) in [6.07, 6.45) is 15.1. The van der Waals surface area contributed by atoms with Gasteiger partial charge in [-0.05, 0) is 106 Å². The number of ketones is 1. The SMILES string of the molecule is CCC(=O)CCCCC[C@H](NC(=O)[C@H]1CC12CCN(CC1CC1)CC2)c1ncc(-c2ccc3nc(C4CC4)ccc3c2)o1.S.S. The van der Waals surface area contributed by atoms with E-state index >= 15 is 0 Å². The molecule has 9 heteroatoms. The first-order valence-electron chi connectivity index (χ1n) is 16.9. The van der Waals surface area contributed by atoms with E-state index in [1.807, 2.05) is 6.92 Å². The van der Waals surface area contributed by atoms with Gasteiger partial charge in [0.1, 0.15) is 11.8 Å². The van der Waals surface area contributed by atoms with E-state index in [2.05, 4.69) is 45.5 Å². The Kier molecular flexibility index (Phi) is 11.0. The van der Waals surface area contributed by atoms with E-state index in [-0.39, 0.29) is 50.3 Å². The topological polar surface area (TPSA) is 88.3 Å². The molecule has 0 unspecified atom stereocenters. The lowest BCUT2D eigenvalue weighted by Crippen LogP contribution is -2.38. The molecule has 4 aliphatic rings. The lowest BCUT2D eigenvalue weighted by molar-refractivity contribution is -0.124. The van der Waals surface area contributed by atoms with Crippen LogP contribution >= 0.6 is 27.0 Å². The van der Waals surface area contributed by atoms with E-state index in [0.717, 1.165) is 80.4 Å². The molecule has 1 aliphatic heterocycles. The van der Waals surface area contributed by atoms with Gasteiger partial charge in [-0.1, -0.05) is 25.8 Å². The van der Waals surface area contributed by atoms with Crippen LogP contribution in [0.1, 0.15) is 114 Å². The van der Waals surface area contributed by atoms with E-state index in [1.165, 1.54) is 37.9 Å². The highest BCUT2D eigenvalue weighted by Gasteiger charge is 2.58. The highest BCUT2D eigenvalue weighted by atomic mass is 32.1. The van der Waals surface area contributed by atoms with Crippen molar-refractivity contribution in [3.8, 4) is 11.3 Å². The maximum absolute atomic E-state index is 13.6. The van der Waals surface area contributed by atoms with Crippen LogP contribution in [-0.2, 0) is 9.59 Å². The number of piperidine rings is 1. The molecule has 7 rings (SSSR count). The van der Waals surface area contributed by atoms with Gasteiger partial charge in [-0.25, -0.2) is 4.98 Å². The molecular formula is C36H50N4O3S2. The monoisotopic (exact) mass is 650 g/mol. The van der Waals surface area contributed by atoms with Gasteiger partial charge in [0.15, 0.2) is 5.76 Å². The molecule has 3 aliphatic carbocycles. The van der Waals surface area contributed by atoms with E-state index in [0.29, 0.717) is 36.2 Å². The third kappa shape index (κ3) is 8.14. The van der Waals surface area contributed by atoms with Gasteiger partial charge in [-0.2, -0.15) is 27.0 Å². The third-order valence-electron chi connectivity index (χ3n) is 10.5. The molecule has 3 saturated carbocycles. The highest BCUT2D eigenvalue weighted by Crippen LogP contribution is 2.59. The number of hydrogen-bond donors (Lipinski definition) is 1. The van der Waals surface area contributed by atoms with Crippen LogP contribution in [0.2, 0.25) is 0 Å². The first-order valence-corrected chi connectivity index (χ1v) is 16.9. The summed E-state index contributed by atoms with van der Waals surface area (Å²) in [5.74, 6) is 3.41. The number of carbonyl (C=O) groups is 2. The second kappa shape index (κ2) is 14.6. The Morgan fingerprint density at radius 2 is 1.84 bits per heavy atom. The number of fused-ring (bicyclic) bond motifs is 1. The number of rotatable bonds is 14. The summed E-state index contributed by atoms with van der Waals surface area (Å²) in [4.78, 5) is 37.5. The van der Waals surface area contributed by atoms with Crippen molar-refractivity contribution < 1.29 is 14.0 Å². The molecule has 4 fully saturated rings. The summed E-state index contributed by atoms with van der Waals surface area (Å²) in [5.41, 5.74) is 3.36. The molecule has 3 aromatic rings. The molecule has 1 N–H and O–H groups in total. The van der Waals surface area contributed by atoms with Crippen LogP contribution in [0, 0.1) is 17.3 Å². The fourth-order valence-electron chi connectivity index (χ4n) is 7.15. The number of likely N-dealkylation sites (tertiary alicyclic amines) is 1. The fourth-order valence-corrected chi connectivity index (χ4v) is 7.15. The Balaban J connectivity index is 0.00000200. The minimum atomic E-state index is -0.265. The predicted molar refractivity (Wildman–Crippen MR) is 188 cm³/mol. The maximum Gasteiger partial charge on any atom is 0.224 e. The van der Waals surface area contributed by atoms with Crippen molar-refractivity contribution in [1.82, 2.24) is 20.2 Å². The lowest BCUT2D eigenvalue weighted by atomic mass is 9.90. The average Bonchev–Trinajstić information content (AvgIpc) is 3.96. The van der Waals surface area contributed by atoms with Crippen molar-refractivity contribution in [2.75, 3.05) is 19.6 Å². The summed E-state index contributed by atoms with van der Waals surface area (Å²) >= 11 is 0. The second-order valence-electron chi connectivity index (χ2n) is 13.9. The van der Waals surface area contributed by atoms with Crippen molar-refractivity contribution in [3.63, 3.8) is 0 Å². The summed E-state index contributed by atoms with van der Waals surface area (Å²) in [6, 6.07) is 10.3. The fraction of sp³-hybridized carbons (Fsp3) is 0.611. The standard InChI is InChI=1S/C36H46N4O3.2H2S/c1-2-28(41)6-4-3-5-7-32(39-34(42)29-21-36(29)16-18-40(19-17-36)23-24-8-9-24)35-37-22-33(43-35)27-13-15-31-26(20-27)12-14-30(38-31)25-10-11-25;;/h12-15,20,22,24-25,29,32H,2-11,16-19,21,23H2,1H3,(H,39,42);2*1H2/t29-,32+;;/m1../s1. The molecule has 0 bridgehead atoms. The number of hydrogen-bond acceptors (Lipinski definition) is 6. The summed E-state index contributed by atoms with van der Waals surface area (Å²) < 4.78 is 6.35. The molecule has 1 amide bonds. The van der Waals surface area contributed by atoms with Gasteiger partial charge in [0.25, 0.3) is 0 Å². The van der Waals surface area contributed by atoms with Crippen LogP contribution in [0.3, 0.4) is 0 Å². The molecule has 2 aromatic heterocycles. The van der Waals surface area contributed by atoms with Crippen molar-refractivity contribution in [3.05, 3.63) is 48.1 Å². The Labute approximate surface area is 281 Å². The molecule has 3 heterocycles. The number of Topliss-reactive ketones (excluding diaryl/α,β-unsaturated/α-hetero) is 1. The molecule has 1 spiro atoms. The average molecular weight is 651 g/mol. The van der Waals surface area contributed by atoms with Gasteiger partial charge in [0, 0.05) is 47.9 Å². The number of unbranched alkanes of at least 4 members (excludes halogenated alkanes) is 2.